The van der Waals surface area contributed by atoms with E-state index in [-0.39, 0.29) is 17.7 Å². The molecule has 0 unspecified atom stereocenters. The van der Waals surface area contributed by atoms with Crippen molar-refractivity contribution in [2.75, 3.05) is 38.2 Å². The summed E-state index contributed by atoms with van der Waals surface area (Å²) in [5, 5.41) is 9.57. The van der Waals surface area contributed by atoms with E-state index in [1.165, 1.54) is 0 Å². The molecule has 1 saturated heterocycles. The van der Waals surface area contributed by atoms with Crippen LogP contribution in [0.1, 0.15) is 6.42 Å². The Hall–Kier alpha value is -2.50. The lowest BCUT2D eigenvalue weighted by Crippen LogP contribution is -2.52. The Morgan fingerprint density at radius 3 is 2.35 bits per heavy atom. The van der Waals surface area contributed by atoms with Crippen LogP contribution in [0.3, 0.4) is 0 Å². The molecule has 0 spiro atoms. The highest BCUT2D eigenvalue weighted by atomic mass is 16.5. The first-order chi connectivity index (χ1) is 12.6. The van der Waals surface area contributed by atoms with E-state index in [0.29, 0.717) is 13.1 Å². The quantitative estimate of drug-likeness (QED) is 0.834. The summed E-state index contributed by atoms with van der Waals surface area (Å²) in [7, 11) is 1.66. The topological polar surface area (TPSA) is 70.1 Å². The van der Waals surface area contributed by atoms with E-state index in [1.54, 1.807) is 7.11 Å². The molecule has 3 aliphatic rings. The van der Waals surface area contributed by atoms with Gasteiger partial charge in [0.05, 0.1) is 24.6 Å². The standard InChI is InChI=1S/C20H24N2O4/c1-26-16-5-3-2-4-15(16)21-8-10-22(11-9-21)19(23)17-13-6-7-14(12-13)18(17)20(24)25/h2-7,13-14,17-18H,8-12H2,1H3,(H,24,25)/t13-,14+,17+,18+/m1/s1. The molecule has 1 aromatic rings. The van der Waals surface area contributed by atoms with Crippen LogP contribution >= 0.6 is 0 Å². The van der Waals surface area contributed by atoms with E-state index in [9.17, 15) is 14.7 Å². The van der Waals surface area contributed by atoms with Gasteiger partial charge in [-0.25, -0.2) is 0 Å². The second-order valence-electron chi connectivity index (χ2n) is 7.32. The highest BCUT2D eigenvalue weighted by Gasteiger charge is 2.52. The zero-order valence-electron chi connectivity index (χ0n) is 14.9. The van der Waals surface area contributed by atoms with E-state index in [4.69, 9.17) is 4.74 Å². The van der Waals surface area contributed by atoms with Crippen LogP contribution in [-0.4, -0.2) is 55.2 Å². The second-order valence-corrected chi connectivity index (χ2v) is 7.32. The van der Waals surface area contributed by atoms with Crippen molar-refractivity contribution in [1.29, 1.82) is 0 Å². The third-order valence-corrected chi connectivity index (χ3v) is 6.05. The van der Waals surface area contributed by atoms with Gasteiger partial charge in [0.15, 0.2) is 0 Å². The summed E-state index contributed by atoms with van der Waals surface area (Å²) in [6, 6.07) is 7.88. The minimum Gasteiger partial charge on any atom is -0.495 e. The summed E-state index contributed by atoms with van der Waals surface area (Å²) in [5.41, 5.74) is 1.04. The fraction of sp³-hybridized carbons (Fsp3) is 0.500. The zero-order chi connectivity index (χ0) is 18.3. The molecule has 2 aliphatic carbocycles. The van der Waals surface area contributed by atoms with Gasteiger partial charge in [0.2, 0.25) is 5.91 Å². The predicted molar refractivity (Wildman–Crippen MR) is 97.1 cm³/mol. The lowest BCUT2D eigenvalue weighted by molar-refractivity contribution is -0.151. The van der Waals surface area contributed by atoms with Gasteiger partial charge in [-0.15, -0.1) is 0 Å². The van der Waals surface area contributed by atoms with Gasteiger partial charge in [-0.05, 0) is 30.4 Å². The zero-order valence-corrected chi connectivity index (χ0v) is 14.9. The van der Waals surface area contributed by atoms with Gasteiger partial charge in [-0.3, -0.25) is 9.59 Å². The molecule has 0 radical (unpaired) electrons. The molecule has 26 heavy (non-hydrogen) atoms. The minimum atomic E-state index is -0.840. The highest BCUT2D eigenvalue weighted by Crippen LogP contribution is 2.48. The smallest absolute Gasteiger partial charge is 0.307 e. The number of carboxylic acids is 1. The number of carbonyl (C=O) groups is 2. The average Bonchev–Trinajstić information content (AvgIpc) is 3.29. The Morgan fingerprint density at radius 2 is 1.69 bits per heavy atom. The Morgan fingerprint density at radius 1 is 1.04 bits per heavy atom. The van der Waals surface area contributed by atoms with Gasteiger partial charge < -0.3 is 19.6 Å². The minimum absolute atomic E-state index is 0.00827. The molecule has 1 aromatic carbocycles. The molecule has 138 valence electrons. The third kappa shape index (κ3) is 2.73. The van der Waals surface area contributed by atoms with Crippen LogP contribution in [0.5, 0.6) is 5.75 Å². The van der Waals surface area contributed by atoms with Gasteiger partial charge in [0, 0.05) is 26.2 Å². The normalized spacial score (nSPS) is 29.9. The molecule has 4 atom stereocenters. The number of fused-ring (bicyclic) bond motifs is 2. The highest BCUT2D eigenvalue weighted by molar-refractivity contribution is 5.87. The number of piperazine rings is 1. The summed E-state index contributed by atoms with van der Waals surface area (Å²) in [4.78, 5) is 28.8. The molecule has 6 nitrogen and oxygen atoms in total. The van der Waals surface area contributed by atoms with Gasteiger partial charge in [0.1, 0.15) is 5.75 Å². The first-order valence-electron chi connectivity index (χ1n) is 9.18. The van der Waals surface area contributed by atoms with Gasteiger partial charge in [-0.1, -0.05) is 24.3 Å². The summed E-state index contributed by atoms with van der Waals surface area (Å²) >= 11 is 0. The van der Waals surface area contributed by atoms with Crippen LogP contribution in [0.4, 0.5) is 5.69 Å². The number of rotatable bonds is 4. The number of aliphatic carboxylic acids is 1. The fourth-order valence-corrected chi connectivity index (χ4v) is 4.77. The Bertz CT molecular complexity index is 739. The first-order valence-corrected chi connectivity index (χ1v) is 9.18. The number of benzene rings is 1. The maximum absolute atomic E-state index is 13.1. The van der Waals surface area contributed by atoms with Crippen LogP contribution in [0, 0.1) is 23.7 Å². The number of hydrogen-bond donors (Lipinski definition) is 1. The van der Waals surface area contributed by atoms with Crippen LogP contribution in [0.25, 0.3) is 0 Å². The molecule has 4 rings (SSSR count). The maximum atomic E-state index is 13.1. The molecule has 1 amide bonds. The van der Waals surface area contributed by atoms with Crippen molar-refractivity contribution in [3.05, 3.63) is 36.4 Å². The largest absolute Gasteiger partial charge is 0.495 e. The number of carboxylic acid groups (broad SMARTS) is 1. The van der Waals surface area contributed by atoms with Crippen molar-refractivity contribution in [3.8, 4) is 5.75 Å². The van der Waals surface area contributed by atoms with Gasteiger partial charge in [0.25, 0.3) is 0 Å². The maximum Gasteiger partial charge on any atom is 0.307 e. The molecule has 1 heterocycles. The molecule has 0 aromatic heterocycles. The number of allylic oxidation sites excluding steroid dienone is 2. The van der Waals surface area contributed by atoms with Crippen LogP contribution < -0.4 is 9.64 Å². The Balaban J connectivity index is 1.44. The van der Waals surface area contributed by atoms with Crippen molar-refractivity contribution >= 4 is 17.6 Å². The molecule has 1 aliphatic heterocycles. The van der Waals surface area contributed by atoms with Crippen molar-refractivity contribution in [2.24, 2.45) is 23.7 Å². The monoisotopic (exact) mass is 356 g/mol. The van der Waals surface area contributed by atoms with E-state index in [1.807, 2.05) is 41.3 Å². The lowest BCUT2D eigenvalue weighted by atomic mass is 9.82. The third-order valence-electron chi connectivity index (χ3n) is 6.05. The number of hydrogen-bond acceptors (Lipinski definition) is 4. The molecular formula is C20H24N2O4. The molecule has 6 heteroatoms. The molecular weight excluding hydrogens is 332 g/mol. The molecule has 2 fully saturated rings. The Kier molecular flexibility index (Phi) is 4.34. The van der Waals surface area contributed by atoms with Gasteiger partial charge >= 0.3 is 5.97 Å². The van der Waals surface area contributed by atoms with Crippen LogP contribution in [-0.2, 0) is 9.59 Å². The lowest BCUT2D eigenvalue weighted by Gasteiger charge is -2.39. The van der Waals surface area contributed by atoms with E-state index in [0.717, 1.165) is 30.9 Å². The fourth-order valence-electron chi connectivity index (χ4n) is 4.77. The predicted octanol–water partition coefficient (Wildman–Crippen LogP) is 1.87. The van der Waals surface area contributed by atoms with E-state index in [2.05, 4.69) is 4.90 Å². The van der Waals surface area contributed by atoms with Gasteiger partial charge in [-0.2, -0.15) is 0 Å². The number of anilines is 1. The number of methoxy groups -OCH3 is 1. The van der Waals surface area contributed by atoms with Crippen LogP contribution in [0.15, 0.2) is 36.4 Å². The van der Waals surface area contributed by atoms with Crippen LogP contribution in [0.2, 0.25) is 0 Å². The SMILES string of the molecule is COc1ccccc1N1CCN(C(=O)[C@@H]2[C@@H](C(=O)O)[C@H]3C=C[C@@H]2C3)CC1. The summed E-state index contributed by atoms with van der Waals surface area (Å²) in [5.74, 6) is -0.870. The molecule has 2 bridgehead atoms. The Labute approximate surface area is 153 Å². The summed E-state index contributed by atoms with van der Waals surface area (Å²) in [6.07, 6.45) is 4.82. The molecule has 1 N–H and O–H groups in total. The van der Waals surface area contributed by atoms with Crippen molar-refractivity contribution < 1.29 is 19.4 Å². The number of amides is 1. The first kappa shape index (κ1) is 16.9. The van der Waals surface area contributed by atoms with E-state index < -0.39 is 17.8 Å². The van der Waals surface area contributed by atoms with Crippen molar-refractivity contribution in [1.82, 2.24) is 4.90 Å². The summed E-state index contributed by atoms with van der Waals surface area (Å²) < 4.78 is 5.43. The number of carbonyl (C=O) groups excluding carboxylic acids is 1. The second kappa shape index (κ2) is 6.67. The number of ether oxygens (including phenoxy) is 1. The van der Waals surface area contributed by atoms with Crippen molar-refractivity contribution in [3.63, 3.8) is 0 Å². The number of nitrogens with zero attached hydrogens (tertiary/aromatic N) is 2. The van der Waals surface area contributed by atoms with Crippen molar-refractivity contribution in [2.45, 2.75) is 6.42 Å². The average molecular weight is 356 g/mol. The summed E-state index contributed by atoms with van der Waals surface area (Å²) in [6.45, 7) is 2.67. The molecule has 1 saturated carbocycles. The van der Waals surface area contributed by atoms with E-state index >= 15 is 0 Å². The number of para-hydroxylation sites is 2.